The number of rotatable bonds is 3. The summed E-state index contributed by atoms with van der Waals surface area (Å²) in [4.78, 5) is 35.3. The number of anilines is 2. The van der Waals surface area contributed by atoms with Gasteiger partial charge >= 0.3 is 0 Å². The highest BCUT2D eigenvalue weighted by atomic mass is 16.5. The molecule has 2 aliphatic heterocycles. The normalized spacial score (nSPS) is 15.8. The number of amides is 1. The number of aryl methyl sites for hydroxylation is 2. The number of H-pyrrole nitrogens is 1. The number of pyridine rings is 2. The van der Waals surface area contributed by atoms with E-state index in [0.29, 0.717) is 50.9 Å². The molecule has 166 valence electrons. The fourth-order valence-electron chi connectivity index (χ4n) is 4.41. The zero-order valence-electron chi connectivity index (χ0n) is 18.5. The maximum atomic E-state index is 13.5. The number of hydrogen-bond acceptors (Lipinski definition) is 6. The Morgan fingerprint density at radius 1 is 1.06 bits per heavy atom. The molecule has 5 rings (SSSR count). The molecule has 1 amide bonds. The molecule has 32 heavy (non-hydrogen) atoms. The summed E-state index contributed by atoms with van der Waals surface area (Å²) in [5, 5.41) is 4.02. The van der Waals surface area contributed by atoms with Gasteiger partial charge in [-0.05, 0) is 49.6 Å². The van der Waals surface area contributed by atoms with Crippen LogP contribution in [-0.4, -0.2) is 42.2 Å². The number of ether oxygens (including phenoxy) is 2. The Bertz CT molecular complexity index is 1290. The quantitative estimate of drug-likeness (QED) is 0.658. The molecular formula is C24H26N4O4. The molecule has 2 aromatic heterocycles. The van der Waals surface area contributed by atoms with Crippen molar-refractivity contribution in [1.29, 1.82) is 0 Å². The van der Waals surface area contributed by atoms with Crippen molar-refractivity contribution < 1.29 is 14.3 Å². The van der Waals surface area contributed by atoms with Gasteiger partial charge in [-0.25, -0.2) is 4.98 Å². The molecule has 0 bridgehead atoms. The molecule has 0 atom stereocenters. The third-order valence-corrected chi connectivity index (χ3v) is 6.39. The zero-order valence-corrected chi connectivity index (χ0v) is 18.5. The molecule has 0 radical (unpaired) electrons. The summed E-state index contributed by atoms with van der Waals surface area (Å²) < 4.78 is 11.0. The maximum absolute atomic E-state index is 13.5. The van der Waals surface area contributed by atoms with E-state index in [4.69, 9.17) is 14.5 Å². The van der Waals surface area contributed by atoms with Crippen molar-refractivity contribution in [2.45, 2.75) is 34.0 Å². The number of nitrogens with zero attached hydrogens (tertiary/aromatic N) is 2. The first kappa shape index (κ1) is 20.7. The maximum Gasteiger partial charge on any atom is 0.259 e. The molecule has 1 aromatic carbocycles. The second kappa shape index (κ2) is 8.03. The minimum atomic E-state index is -0.211. The average Bonchev–Trinajstić information content (AvgIpc) is 3.25. The van der Waals surface area contributed by atoms with Crippen molar-refractivity contribution in [2.24, 2.45) is 0 Å². The minimum absolute atomic E-state index is 0.129. The molecule has 2 N–H and O–H groups in total. The molecule has 8 heteroatoms. The predicted octanol–water partition coefficient (Wildman–Crippen LogP) is 2.97. The summed E-state index contributed by atoms with van der Waals surface area (Å²) >= 11 is 0. The third-order valence-electron chi connectivity index (χ3n) is 6.39. The molecule has 0 saturated carbocycles. The van der Waals surface area contributed by atoms with Crippen molar-refractivity contribution in [3.8, 4) is 0 Å². The Balaban J connectivity index is 1.56. The Labute approximate surface area is 185 Å². The molecule has 8 nitrogen and oxygen atoms in total. The van der Waals surface area contributed by atoms with Gasteiger partial charge in [-0.2, -0.15) is 0 Å². The lowest BCUT2D eigenvalue weighted by Gasteiger charge is -2.29. The number of aromatic nitrogens is 2. The van der Waals surface area contributed by atoms with Gasteiger partial charge in [0, 0.05) is 35.8 Å². The number of carbonyl (C=O) groups is 1. The summed E-state index contributed by atoms with van der Waals surface area (Å²) in [5.74, 6) is 0.461. The highest BCUT2D eigenvalue weighted by molar-refractivity contribution is 6.09. The highest BCUT2D eigenvalue weighted by Gasteiger charge is 2.26. The van der Waals surface area contributed by atoms with Gasteiger partial charge in [-0.3, -0.25) is 9.59 Å². The van der Waals surface area contributed by atoms with Crippen LogP contribution in [0.3, 0.4) is 0 Å². The van der Waals surface area contributed by atoms with Gasteiger partial charge in [-0.15, -0.1) is 0 Å². The predicted molar refractivity (Wildman–Crippen MR) is 122 cm³/mol. The van der Waals surface area contributed by atoms with E-state index < -0.39 is 0 Å². The lowest BCUT2D eigenvalue weighted by molar-refractivity contribution is 0.102. The van der Waals surface area contributed by atoms with Crippen molar-refractivity contribution in [2.75, 3.05) is 36.5 Å². The van der Waals surface area contributed by atoms with Gasteiger partial charge in [0.05, 0.1) is 43.2 Å². The van der Waals surface area contributed by atoms with E-state index in [-0.39, 0.29) is 11.5 Å². The number of benzene rings is 1. The lowest BCUT2D eigenvalue weighted by Crippen LogP contribution is -2.38. The number of nitrogens with one attached hydrogen (secondary N) is 2. The van der Waals surface area contributed by atoms with E-state index in [1.165, 1.54) is 0 Å². The van der Waals surface area contributed by atoms with Gasteiger partial charge in [-0.1, -0.05) is 0 Å². The topological polar surface area (TPSA) is 96.6 Å². The van der Waals surface area contributed by atoms with Gasteiger partial charge in [0.15, 0.2) is 0 Å². The van der Waals surface area contributed by atoms with Crippen LogP contribution in [0.4, 0.5) is 11.5 Å². The van der Waals surface area contributed by atoms with E-state index in [9.17, 15) is 9.59 Å². The van der Waals surface area contributed by atoms with Crippen molar-refractivity contribution in [1.82, 2.24) is 9.97 Å². The molecule has 1 saturated heterocycles. The zero-order chi connectivity index (χ0) is 22.4. The fraction of sp³-hybridized carbons (Fsp3) is 0.375. The van der Waals surface area contributed by atoms with Crippen molar-refractivity contribution >= 4 is 28.3 Å². The van der Waals surface area contributed by atoms with Gasteiger partial charge < -0.3 is 24.7 Å². The van der Waals surface area contributed by atoms with Crippen LogP contribution in [0.2, 0.25) is 0 Å². The van der Waals surface area contributed by atoms with Gasteiger partial charge in [0.25, 0.3) is 5.91 Å². The van der Waals surface area contributed by atoms with Crippen LogP contribution in [0.25, 0.3) is 10.9 Å². The molecule has 3 aromatic rings. The largest absolute Gasteiger partial charge is 0.378 e. The first-order chi connectivity index (χ1) is 15.4. The van der Waals surface area contributed by atoms with Crippen molar-refractivity contribution in [3.63, 3.8) is 0 Å². The van der Waals surface area contributed by atoms with Crippen LogP contribution in [0, 0.1) is 20.8 Å². The SMILES string of the molecule is Cc1c(NC(=O)c2cc3c(nc2N2CCOCC2)COC3)cc2c(C)cc(=O)[nH]c2c1C. The standard InChI is InChI=1S/C24H26N4O4/c1-13-8-21(29)27-22-15(3)14(2)19(10-17(13)22)26-24(30)18-9-16-11-32-12-20(16)25-23(18)28-4-6-31-7-5-28/h8-10H,4-7,11-12H2,1-3H3,(H,26,30)(H,27,29). The van der Waals surface area contributed by atoms with Crippen LogP contribution >= 0.6 is 0 Å². The molecule has 0 aliphatic carbocycles. The first-order valence-corrected chi connectivity index (χ1v) is 10.8. The Kier molecular flexibility index (Phi) is 5.19. The summed E-state index contributed by atoms with van der Waals surface area (Å²) in [5.41, 5.74) is 6.49. The highest BCUT2D eigenvalue weighted by Crippen LogP contribution is 2.31. The van der Waals surface area contributed by atoms with Crippen LogP contribution in [0.15, 0.2) is 23.0 Å². The molecule has 2 aliphatic rings. The van der Waals surface area contributed by atoms with Gasteiger partial charge in [0.1, 0.15) is 5.82 Å². The number of fused-ring (bicyclic) bond motifs is 2. The molecule has 4 heterocycles. The second-order valence-electron chi connectivity index (χ2n) is 8.42. The fourth-order valence-corrected chi connectivity index (χ4v) is 4.41. The minimum Gasteiger partial charge on any atom is -0.378 e. The van der Waals surface area contributed by atoms with Crippen LogP contribution < -0.4 is 15.8 Å². The monoisotopic (exact) mass is 434 g/mol. The van der Waals surface area contributed by atoms with Crippen LogP contribution in [-0.2, 0) is 22.7 Å². The van der Waals surface area contributed by atoms with E-state index in [2.05, 4.69) is 15.2 Å². The number of aromatic amines is 1. The summed E-state index contributed by atoms with van der Waals surface area (Å²) in [6.45, 7) is 9.33. The Hall–Kier alpha value is -3.23. The number of morpholine rings is 1. The smallest absolute Gasteiger partial charge is 0.259 e. The first-order valence-electron chi connectivity index (χ1n) is 10.8. The van der Waals surface area contributed by atoms with E-state index in [1.807, 2.05) is 32.9 Å². The molecule has 1 fully saturated rings. The molecular weight excluding hydrogens is 408 g/mol. The average molecular weight is 434 g/mol. The van der Waals surface area contributed by atoms with Gasteiger partial charge in [0.2, 0.25) is 5.56 Å². The molecule has 0 spiro atoms. The number of carbonyl (C=O) groups excluding carboxylic acids is 1. The van der Waals surface area contributed by atoms with Crippen molar-refractivity contribution in [3.05, 3.63) is 62.1 Å². The lowest BCUT2D eigenvalue weighted by atomic mass is 10.00. The second-order valence-corrected chi connectivity index (χ2v) is 8.42. The van der Waals surface area contributed by atoms with Crippen LogP contribution in [0.1, 0.15) is 38.3 Å². The van der Waals surface area contributed by atoms with E-state index >= 15 is 0 Å². The van der Waals surface area contributed by atoms with Crippen LogP contribution in [0.5, 0.6) is 0 Å². The van der Waals surface area contributed by atoms with E-state index in [1.54, 1.807) is 6.07 Å². The summed E-state index contributed by atoms with van der Waals surface area (Å²) in [6, 6.07) is 5.41. The Morgan fingerprint density at radius 3 is 2.62 bits per heavy atom. The number of hydrogen-bond donors (Lipinski definition) is 2. The molecule has 0 unspecified atom stereocenters. The summed E-state index contributed by atoms with van der Waals surface area (Å²) in [6.07, 6.45) is 0. The summed E-state index contributed by atoms with van der Waals surface area (Å²) in [7, 11) is 0. The Morgan fingerprint density at radius 2 is 1.84 bits per heavy atom. The van der Waals surface area contributed by atoms with E-state index in [0.717, 1.165) is 44.5 Å². The third kappa shape index (κ3) is 3.55.